The zero-order valence-electron chi connectivity index (χ0n) is 21.3. The van der Waals surface area contributed by atoms with Crippen LogP contribution in [0.5, 0.6) is 0 Å². The molecule has 172 valence electrons. The maximum absolute atomic E-state index is 5.01. The van der Waals surface area contributed by atoms with Crippen LogP contribution < -0.4 is 0 Å². The lowest BCUT2D eigenvalue weighted by Crippen LogP contribution is -2.14. The minimum Gasteiger partial charge on any atom is -0.308 e. The number of fused-ring (bicyclic) bond motifs is 7. The Morgan fingerprint density at radius 3 is 2.20 bits per heavy atom. The predicted molar refractivity (Wildman–Crippen MR) is 151 cm³/mol. The van der Waals surface area contributed by atoms with Crippen molar-refractivity contribution in [3.63, 3.8) is 0 Å². The molecular formula is C33H30N2. The lowest BCUT2D eigenvalue weighted by molar-refractivity contribution is 0.591. The average molecular weight is 455 g/mol. The first kappa shape index (κ1) is 20.7. The van der Waals surface area contributed by atoms with Crippen LogP contribution in [0.15, 0.2) is 72.9 Å². The molecule has 35 heavy (non-hydrogen) atoms. The smallest absolute Gasteiger partial charge is 0.0823 e. The molecule has 7 rings (SSSR count). The van der Waals surface area contributed by atoms with E-state index < -0.39 is 0 Å². The second-order valence-electron chi connectivity index (χ2n) is 12.2. The molecule has 0 aliphatic carbocycles. The van der Waals surface area contributed by atoms with Gasteiger partial charge in [0.25, 0.3) is 0 Å². The van der Waals surface area contributed by atoms with Crippen LogP contribution >= 0.6 is 0 Å². The Hall–Kier alpha value is -3.65. The largest absolute Gasteiger partial charge is 0.308 e. The Bertz CT molecular complexity index is 1960. The third-order valence-electron chi connectivity index (χ3n) is 7.77. The average Bonchev–Trinajstić information content (AvgIpc) is 3.15. The summed E-state index contributed by atoms with van der Waals surface area (Å²) < 4.78 is 2.55. The molecule has 0 saturated heterocycles. The van der Waals surface area contributed by atoms with Gasteiger partial charge in [-0.3, -0.25) is 4.98 Å². The third-order valence-corrected chi connectivity index (χ3v) is 7.77. The highest BCUT2D eigenvalue weighted by atomic mass is 14.9. The van der Waals surface area contributed by atoms with E-state index in [1.807, 2.05) is 6.20 Å². The third kappa shape index (κ3) is 2.68. The molecular weight excluding hydrogens is 424 g/mol. The summed E-state index contributed by atoms with van der Waals surface area (Å²) in [5.74, 6) is 0. The second-order valence-corrected chi connectivity index (χ2v) is 12.2. The molecule has 3 heterocycles. The first-order valence-corrected chi connectivity index (χ1v) is 12.6. The van der Waals surface area contributed by atoms with Crippen molar-refractivity contribution in [1.82, 2.24) is 9.38 Å². The lowest BCUT2D eigenvalue weighted by Gasteiger charge is -2.26. The van der Waals surface area contributed by atoms with Crippen molar-refractivity contribution in [3.8, 4) is 0 Å². The number of pyridine rings is 2. The Kier molecular flexibility index (Phi) is 3.85. The molecule has 0 spiro atoms. The van der Waals surface area contributed by atoms with Crippen molar-refractivity contribution in [3.05, 3.63) is 84.1 Å². The maximum Gasteiger partial charge on any atom is 0.0823 e. The minimum atomic E-state index is -0.0423. The zero-order chi connectivity index (χ0) is 24.3. The van der Waals surface area contributed by atoms with Gasteiger partial charge in [0.1, 0.15) is 0 Å². The van der Waals surface area contributed by atoms with E-state index in [9.17, 15) is 0 Å². The topological polar surface area (TPSA) is 17.3 Å². The summed E-state index contributed by atoms with van der Waals surface area (Å²) in [5, 5.41) is 8.98. The summed E-state index contributed by atoms with van der Waals surface area (Å²) in [4.78, 5) is 5.01. The van der Waals surface area contributed by atoms with E-state index in [2.05, 4.69) is 113 Å². The molecule has 0 amide bonds. The van der Waals surface area contributed by atoms with Crippen LogP contribution in [0.25, 0.3) is 59.8 Å². The van der Waals surface area contributed by atoms with Gasteiger partial charge < -0.3 is 4.40 Å². The molecule has 0 unspecified atom stereocenters. The van der Waals surface area contributed by atoms with Crippen molar-refractivity contribution in [2.45, 2.75) is 52.4 Å². The molecule has 0 N–H and O–H groups in total. The number of hydrogen-bond acceptors (Lipinski definition) is 1. The summed E-state index contributed by atoms with van der Waals surface area (Å²) >= 11 is 0. The number of nitrogens with zero attached hydrogens (tertiary/aromatic N) is 2. The van der Waals surface area contributed by atoms with Crippen LogP contribution in [0.2, 0.25) is 0 Å². The monoisotopic (exact) mass is 454 g/mol. The molecule has 2 heteroatoms. The Morgan fingerprint density at radius 1 is 0.629 bits per heavy atom. The fourth-order valence-electron chi connectivity index (χ4n) is 6.18. The highest BCUT2D eigenvalue weighted by molar-refractivity contribution is 6.29. The fraction of sp³-hybridized carbons (Fsp3) is 0.242. The normalized spacial score (nSPS) is 13.4. The number of rotatable bonds is 0. The van der Waals surface area contributed by atoms with Crippen molar-refractivity contribution in [2.75, 3.05) is 0 Å². The van der Waals surface area contributed by atoms with Crippen LogP contribution in [-0.4, -0.2) is 9.38 Å². The zero-order valence-corrected chi connectivity index (χ0v) is 21.3. The van der Waals surface area contributed by atoms with Gasteiger partial charge in [0.2, 0.25) is 0 Å². The first-order valence-electron chi connectivity index (χ1n) is 12.6. The summed E-state index contributed by atoms with van der Waals surface area (Å²) in [7, 11) is 0. The van der Waals surface area contributed by atoms with Crippen molar-refractivity contribution in [1.29, 1.82) is 0 Å². The van der Waals surface area contributed by atoms with Crippen molar-refractivity contribution >= 4 is 59.8 Å². The van der Waals surface area contributed by atoms with Crippen LogP contribution in [0.1, 0.15) is 52.7 Å². The Labute approximate surface area is 205 Å². The van der Waals surface area contributed by atoms with E-state index in [0.29, 0.717) is 0 Å². The van der Waals surface area contributed by atoms with E-state index >= 15 is 0 Å². The maximum atomic E-state index is 5.01. The minimum absolute atomic E-state index is 0.0423. The number of benzene rings is 4. The van der Waals surface area contributed by atoms with Gasteiger partial charge in [-0.25, -0.2) is 0 Å². The molecule has 2 nitrogen and oxygen atoms in total. The van der Waals surface area contributed by atoms with Gasteiger partial charge in [-0.2, -0.15) is 0 Å². The van der Waals surface area contributed by atoms with Gasteiger partial charge in [0, 0.05) is 27.7 Å². The van der Waals surface area contributed by atoms with Crippen molar-refractivity contribution < 1.29 is 0 Å². The van der Waals surface area contributed by atoms with Gasteiger partial charge >= 0.3 is 0 Å². The van der Waals surface area contributed by atoms with Crippen LogP contribution in [-0.2, 0) is 10.8 Å². The molecule has 0 saturated carbocycles. The fourth-order valence-corrected chi connectivity index (χ4v) is 6.18. The molecule has 0 aliphatic rings. The molecule has 0 atom stereocenters. The predicted octanol–water partition coefficient (Wildman–Crippen LogP) is 9.13. The number of aromatic nitrogens is 2. The summed E-state index contributed by atoms with van der Waals surface area (Å²) in [6.07, 6.45) is 1.97. The van der Waals surface area contributed by atoms with E-state index in [-0.39, 0.29) is 10.8 Å². The first-order chi connectivity index (χ1) is 16.6. The molecule has 0 fully saturated rings. The Morgan fingerprint density at radius 2 is 1.43 bits per heavy atom. The molecule has 4 aromatic carbocycles. The van der Waals surface area contributed by atoms with Gasteiger partial charge in [0.05, 0.1) is 22.1 Å². The van der Waals surface area contributed by atoms with Crippen LogP contribution in [0.3, 0.4) is 0 Å². The summed E-state index contributed by atoms with van der Waals surface area (Å²) in [6.45, 7) is 13.9. The lowest BCUT2D eigenvalue weighted by atomic mass is 9.81. The van der Waals surface area contributed by atoms with E-state index in [0.717, 1.165) is 5.52 Å². The highest BCUT2D eigenvalue weighted by Gasteiger charge is 2.27. The van der Waals surface area contributed by atoms with Crippen molar-refractivity contribution in [2.24, 2.45) is 0 Å². The molecule has 0 bridgehead atoms. The molecule has 0 aliphatic heterocycles. The number of hydrogen-bond donors (Lipinski definition) is 0. The standard InChI is InChI=1S/C33H30N2/c1-32(2,3)21-12-14-26-24(18-21)23-13-11-19-15-16-34-29-25-17-20-9-7-8-10-22(20)28(33(4,5)6)31(25)35(26)30(23)27(19)29/h7-18H,1-6H3. The second kappa shape index (κ2) is 6.51. The SMILES string of the molecule is CC(C)(C)c1ccc2c(c1)c1ccc3ccnc4c5cc6ccccc6c(C(C)(C)C)c5n2c1c34. The molecule has 0 radical (unpaired) electrons. The molecule has 7 aromatic rings. The van der Waals surface area contributed by atoms with Gasteiger partial charge in [-0.15, -0.1) is 0 Å². The van der Waals surface area contributed by atoms with Crippen LogP contribution in [0, 0.1) is 0 Å². The quantitative estimate of drug-likeness (QED) is 0.165. The molecule has 3 aromatic heterocycles. The van der Waals surface area contributed by atoms with Gasteiger partial charge in [-0.05, 0) is 62.4 Å². The van der Waals surface area contributed by atoms with Gasteiger partial charge in [0.15, 0.2) is 0 Å². The highest BCUT2D eigenvalue weighted by Crippen LogP contribution is 2.45. The van der Waals surface area contributed by atoms with E-state index in [1.165, 1.54) is 65.4 Å². The van der Waals surface area contributed by atoms with E-state index in [4.69, 9.17) is 4.98 Å². The Balaban J connectivity index is 1.88. The summed E-state index contributed by atoms with van der Waals surface area (Å²) in [5.41, 5.74) is 7.76. The summed E-state index contributed by atoms with van der Waals surface area (Å²) in [6, 6.07) is 25.0. The van der Waals surface area contributed by atoms with Gasteiger partial charge in [-0.1, -0.05) is 84.0 Å². The van der Waals surface area contributed by atoms with Crippen LogP contribution in [0.4, 0.5) is 0 Å². The van der Waals surface area contributed by atoms with E-state index in [1.54, 1.807) is 0 Å².